The Labute approximate surface area is 183 Å². The first-order valence-electron chi connectivity index (χ1n) is 9.23. The lowest BCUT2D eigenvalue weighted by molar-refractivity contribution is 0.727. The summed E-state index contributed by atoms with van der Waals surface area (Å²) in [7, 11) is 0. The average Bonchev–Trinajstić information content (AvgIpc) is 3.08. The molecule has 0 aliphatic carbocycles. The number of hydrogen-bond acceptors (Lipinski definition) is 5. The summed E-state index contributed by atoms with van der Waals surface area (Å²) in [4.78, 5) is 36.6. The highest BCUT2D eigenvalue weighted by molar-refractivity contribution is 9.10. The van der Waals surface area contributed by atoms with E-state index in [1.807, 2.05) is 43.3 Å². The number of hydrogen-bond donors (Lipinski definition) is 0. The fraction of sp³-hybridized carbons (Fsp3) is 0.0909. The first kappa shape index (κ1) is 18.9. The van der Waals surface area contributed by atoms with Crippen LogP contribution < -0.4 is 11.1 Å². The number of rotatable bonds is 3. The number of nitrogens with zero attached hydrogens (tertiary/aromatic N) is 4. The van der Waals surface area contributed by atoms with Crippen molar-refractivity contribution < 1.29 is 0 Å². The number of aromatic nitrogens is 4. The third-order valence-electron chi connectivity index (χ3n) is 4.93. The Morgan fingerprint density at radius 1 is 1.10 bits per heavy atom. The molecule has 0 spiro atoms. The molecule has 5 aromatic rings. The largest absolute Gasteiger partial charge is 0.293 e. The lowest BCUT2D eigenvalue weighted by Crippen LogP contribution is -2.23. The van der Waals surface area contributed by atoms with E-state index in [1.165, 1.54) is 32.7 Å². The monoisotopic (exact) mass is 478 g/mol. The summed E-state index contributed by atoms with van der Waals surface area (Å²) < 4.78 is 3.77. The Kier molecular flexibility index (Phi) is 4.60. The molecule has 30 heavy (non-hydrogen) atoms. The van der Waals surface area contributed by atoms with Gasteiger partial charge in [0.05, 0.1) is 24.0 Å². The molecule has 0 N–H and O–H groups in total. The molecule has 0 bridgehead atoms. The van der Waals surface area contributed by atoms with Crippen LogP contribution in [0.25, 0.3) is 27.0 Å². The van der Waals surface area contributed by atoms with Crippen LogP contribution in [-0.4, -0.2) is 18.9 Å². The molecule has 0 aliphatic heterocycles. The molecule has 0 amide bonds. The van der Waals surface area contributed by atoms with E-state index in [1.54, 1.807) is 12.3 Å². The van der Waals surface area contributed by atoms with E-state index in [0.29, 0.717) is 21.6 Å². The van der Waals surface area contributed by atoms with Crippen molar-refractivity contribution in [3.05, 3.63) is 96.8 Å². The fourth-order valence-electron chi connectivity index (χ4n) is 3.58. The van der Waals surface area contributed by atoms with Crippen molar-refractivity contribution in [2.75, 3.05) is 0 Å². The summed E-state index contributed by atoms with van der Waals surface area (Å²) >= 11 is 4.87. The molecule has 0 fully saturated rings. The lowest BCUT2D eigenvalue weighted by Gasteiger charge is -2.08. The minimum absolute atomic E-state index is 0.138. The third kappa shape index (κ3) is 3.18. The normalized spacial score (nSPS) is 11.4. The zero-order valence-corrected chi connectivity index (χ0v) is 18.3. The topological polar surface area (TPSA) is 69.3 Å². The first-order chi connectivity index (χ1) is 14.5. The predicted molar refractivity (Wildman–Crippen MR) is 122 cm³/mol. The zero-order chi connectivity index (χ0) is 20.8. The highest BCUT2D eigenvalue weighted by Gasteiger charge is 2.17. The highest BCUT2D eigenvalue weighted by atomic mass is 79.9. The van der Waals surface area contributed by atoms with Gasteiger partial charge in [-0.25, -0.2) is 9.97 Å². The summed E-state index contributed by atoms with van der Waals surface area (Å²) in [6.45, 7) is 2.18. The zero-order valence-electron chi connectivity index (χ0n) is 15.9. The lowest BCUT2D eigenvalue weighted by atomic mass is 10.0. The van der Waals surface area contributed by atoms with Crippen molar-refractivity contribution in [2.24, 2.45) is 0 Å². The molecule has 5 rings (SSSR count). The first-order valence-corrected chi connectivity index (χ1v) is 10.8. The van der Waals surface area contributed by atoms with Crippen molar-refractivity contribution in [1.82, 2.24) is 18.9 Å². The van der Waals surface area contributed by atoms with E-state index < -0.39 is 0 Å². The van der Waals surface area contributed by atoms with Gasteiger partial charge in [0.1, 0.15) is 10.5 Å². The van der Waals surface area contributed by atoms with Crippen molar-refractivity contribution in [1.29, 1.82) is 0 Å². The average molecular weight is 479 g/mol. The second-order valence-electron chi connectivity index (χ2n) is 6.92. The summed E-state index contributed by atoms with van der Waals surface area (Å²) in [6.07, 6.45) is 3.20. The van der Waals surface area contributed by atoms with Gasteiger partial charge < -0.3 is 0 Å². The Hall–Kier alpha value is -3.10. The van der Waals surface area contributed by atoms with Crippen molar-refractivity contribution in [3.63, 3.8) is 0 Å². The van der Waals surface area contributed by atoms with E-state index in [-0.39, 0.29) is 17.7 Å². The van der Waals surface area contributed by atoms with Crippen LogP contribution in [0.15, 0.2) is 75.1 Å². The van der Waals surface area contributed by atoms with E-state index in [9.17, 15) is 9.59 Å². The minimum atomic E-state index is -0.199. The van der Waals surface area contributed by atoms with Gasteiger partial charge in [0.25, 0.3) is 11.1 Å². The highest BCUT2D eigenvalue weighted by Crippen LogP contribution is 2.35. The van der Waals surface area contributed by atoms with Crippen molar-refractivity contribution in [3.8, 4) is 11.1 Å². The van der Waals surface area contributed by atoms with Crippen molar-refractivity contribution >= 4 is 43.1 Å². The van der Waals surface area contributed by atoms with Gasteiger partial charge in [-0.1, -0.05) is 30.3 Å². The van der Waals surface area contributed by atoms with E-state index >= 15 is 0 Å². The Bertz CT molecular complexity index is 1540. The molecule has 0 unspecified atom stereocenters. The molecule has 8 heteroatoms. The maximum absolute atomic E-state index is 13.3. The molecule has 1 aromatic carbocycles. The summed E-state index contributed by atoms with van der Waals surface area (Å²) in [5.74, 6) is 0. The summed E-state index contributed by atoms with van der Waals surface area (Å²) in [5.41, 5.74) is 2.61. The van der Waals surface area contributed by atoms with Crippen LogP contribution in [-0.2, 0) is 6.54 Å². The van der Waals surface area contributed by atoms with E-state index in [2.05, 4.69) is 25.9 Å². The Morgan fingerprint density at radius 2 is 1.90 bits per heavy atom. The van der Waals surface area contributed by atoms with E-state index in [4.69, 9.17) is 0 Å². The SMILES string of the molecule is Cc1sc2ncn(Cc3cc(=O)n4cc(Br)ccc4n3)c(=O)c2c1-c1ccccc1. The van der Waals surface area contributed by atoms with Crippen LogP contribution in [0.4, 0.5) is 0 Å². The summed E-state index contributed by atoms with van der Waals surface area (Å²) in [5, 5.41) is 0.604. The van der Waals surface area contributed by atoms with Gasteiger partial charge in [0.2, 0.25) is 0 Å². The molecule has 0 atom stereocenters. The van der Waals surface area contributed by atoms with E-state index in [0.717, 1.165) is 20.5 Å². The van der Waals surface area contributed by atoms with Crippen LogP contribution in [0.1, 0.15) is 10.6 Å². The molecule has 0 saturated carbocycles. The molecule has 148 valence electrons. The van der Waals surface area contributed by atoms with Crippen LogP contribution >= 0.6 is 27.3 Å². The molecule has 0 aliphatic rings. The maximum Gasteiger partial charge on any atom is 0.263 e. The van der Waals surface area contributed by atoms with Gasteiger partial charge in [0.15, 0.2) is 0 Å². The number of pyridine rings is 1. The van der Waals surface area contributed by atoms with Crippen LogP contribution in [0.3, 0.4) is 0 Å². The Balaban J connectivity index is 1.65. The van der Waals surface area contributed by atoms with Crippen LogP contribution in [0, 0.1) is 6.92 Å². The standard InChI is InChI=1S/C22H15BrN4O2S/c1-13-19(14-5-3-2-4-6-14)20-21(30-13)24-12-26(22(20)29)11-16-9-18(28)27-10-15(23)7-8-17(27)25-16/h2-10,12H,11H2,1H3. The molecule has 4 aromatic heterocycles. The molecular weight excluding hydrogens is 464 g/mol. The van der Waals surface area contributed by atoms with Gasteiger partial charge >= 0.3 is 0 Å². The van der Waals surface area contributed by atoms with Crippen LogP contribution in [0.2, 0.25) is 0 Å². The number of fused-ring (bicyclic) bond motifs is 2. The molecule has 6 nitrogen and oxygen atoms in total. The molecular formula is C22H15BrN4O2S. The second kappa shape index (κ2) is 7.30. The smallest absolute Gasteiger partial charge is 0.263 e. The van der Waals surface area contributed by atoms with Gasteiger partial charge in [-0.3, -0.25) is 18.6 Å². The second-order valence-corrected chi connectivity index (χ2v) is 9.04. The quantitative estimate of drug-likeness (QED) is 0.388. The molecule has 0 radical (unpaired) electrons. The predicted octanol–water partition coefficient (Wildman–Crippen LogP) is 4.25. The van der Waals surface area contributed by atoms with Gasteiger partial charge in [-0.15, -0.1) is 11.3 Å². The Morgan fingerprint density at radius 3 is 2.70 bits per heavy atom. The number of aryl methyl sites for hydroxylation is 1. The fourth-order valence-corrected chi connectivity index (χ4v) is 4.92. The number of thiophene rings is 1. The number of benzene rings is 1. The molecule has 0 saturated heterocycles. The minimum Gasteiger partial charge on any atom is -0.293 e. The van der Waals surface area contributed by atoms with Gasteiger partial charge in [-0.05, 0) is 40.5 Å². The summed E-state index contributed by atoms with van der Waals surface area (Å²) in [6, 6.07) is 14.9. The molecule has 4 heterocycles. The van der Waals surface area contributed by atoms with Gasteiger partial charge in [-0.2, -0.15) is 0 Å². The van der Waals surface area contributed by atoms with Gasteiger partial charge in [0, 0.05) is 27.2 Å². The maximum atomic E-state index is 13.3. The van der Waals surface area contributed by atoms with Crippen LogP contribution in [0.5, 0.6) is 0 Å². The third-order valence-corrected chi connectivity index (χ3v) is 6.41. The van der Waals surface area contributed by atoms with Crippen molar-refractivity contribution in [2.45, 2.75) is 13.5 Å². The number of halogens is 1.